The van der Waals surface area contributed by atoms with E-state index in [1.807, 2.05) is 12.1 Å². The number of nitrogens with zero attached hydrogens (tertiary/aromatic N) is 4. The van der Waals surface area contributed by atoms with Gasteiger partial charge in [-0.25, -0.2) is 9.97 Å². The number of hydrogen-bond donors (Lipinski definition) is 2. The molecule has 8 rings (SSSR count). The first-order valence-electron chi connectivity index (χ1n) is 15.3. The first-order chi connectivity index (χ1) is 21.9. The molecule has 4 amide bonds. The molecule has 12 heteroatoms. The van der Waals surface area contributed by atoms with Gasteiger partial charge in [0.05, 0.1) is 34.0 Å². The molecule has 4 aliphatic heterocycles. The Kier molecular flexibility index (Phi) is 6.29. The second kappa shape index (κ2) is 10.6. The Morgan fingerprint density at radius 3 is 1.84 bits per heavy atom. The monoisotopic (exact) mass is 630 g/mol. The number of carbonyl (C=O) groups is 4. The van der Waals surface area contributed by atoms with Gasteiger partial charge in [-0.1, -0.05) is 37.4 Å². The van der Waals surface area contributed by atoms with E-state index < -0.39 is 10.8 Å². The Morgan fingerprint density at radius 2 is 1.32 bits per heavy atom. The molecule has 4 aliphatic rings. The molecule has 2 aromatic carbocycles. The minimum Gasteiger partial charge on any atom is -0.335 e. The Bertz CT molecular complexity index is 2010. The number of fused-ring (bicyclic) bond motifs is 2. The molecule has 4 fully saturated rings. The quantitative estimate of drug-likeness (QED) is 0.340. The molecule has 2 atom stereocenters. The highest BCUT2D eigenvalue weighted by atomic mass is 32.1. The number of hydrogen-bond acceptors (Lipinski definition) is 8. The van der Waals surface area contributed by atoms with E-state index >= 15 is 0 Å². The maximum atomic E-state index is 12.7. The van der Waals surface area contributed by atoms with Gasteiger partial charge < -0.3 is 20.4 Å². The molecular weight excluding hydrogens is 597 g/mol. The molecule has 6 heterocycles. The van der Waals surface area contributed by atoms with Gasteiger partial charge in [0.2, 0.25) is 11.8 Å². The fourth-order valence-corrected chi connectivity index (χ4v) is 8.31. The summed E-state index contributed by atoms with van der Waals surface area (Å²) in [6.07, 6.45) is 2.49. The van der Waals surface area contributed by atoms with Crippen molar-refractivity contribution in [3.8, 4) is 0 Å². The third-order valence-electron chi connectivity index (χ3n) is 8.74. The average molecular weight is 631 g/mol. The van der Waals surface area contributed by atoms with Crippen molar-refractivity contribution in [2.45, 2.75) is 25.7 Å². The van der Waals surface area contributed by atoms with Crippen LogP contribution in [0.25, 0.3) is 20.4 Å². The maximum absolute atomic E-state index is 12.7. The summed E-state index contributed by atoms with van der Waals surface area (Å²) in [6, 6.07) is 11.2. The predicted molar refractivity (Wildman–Crippen MR) is 169 cm³/mol. The molecule has 44 heavy (non-hydrogen) atoms. The molecule has 2 aromatic heterocycles. The minimum atomic E-state index is -0.524. The Labute approximate surface area is 264 Å². The molecule has 2 N–H and O–H groups in total. The SMILES string of the molecule is [3H]c1ccc2sc(C(=O)N3CCC4(CC(=C)NC4=O)C3)nc2c1.[3H]c1cccc2sc(C(=O)N3CCC4(CC(=C)NC4=O)C3)nc12. The Hall–Kier alpha value is -4.42. The van der Waals surface area contributed by atoms with Crippen molar-refractivity contribution in [1.29, 1.82) is 0 Å². The van der Waals surface area contributed by atoms with Crippen LogP contribution in [0.5, 0.6) is 0 Å². The van der Waals surface area contributed by atoms with Crippen molar-refractivity contribution in [3.63, 3.8) is 0 Å². The van der Waals surface area contributed by atoms with Gasteiger partial charge in [0.1, 0.15) is 0 Å². The van der Waals surface area contributed by atoms with Crippen molar-refractivity contribution < 1.29 is 21.9 Å². The van der Waals surface area contributed by atoms with Crippen LogP contribution >= 0.6 is 22.7 Å². The number of benzene rings is 2. The lowest BCUT2D eigenvalue weighted by molar-refractivity contribution is -0.127. The van der Waals surface area contributed by atoms with Crippen LogP contribution in [-0.4, -0.2) is 69.6 Å². The summed E-state index contributed by atoms with van der Waals surface area (Å²) >= 11 is 2.63. The zero-order valence-corrected chi connectivity index (χ0v) is 25.4. The maximum Gasteiger partial charge on any atom is 0.282 e. The van der Waals surface area contributed by atoms with Gasteiger partial charge in [-0.05, 0) is 37.1 Å². The van der Waals surface area contributed by atoms with E-state index in [2.05, 4.69) is 33.8 Å². The summed E-state index contributed by atoms with van der Waals surface area (Å²) in [5.41, 5.74) is 1.64. The normalized spacial score (nSPS) is 25.1. The molecule has 0 aliphatic carbocycles. The van der Waals surface area contributed by atoms with Gasteiger partial charge in [-0.15, -0.1) is 22.7 Å². The summed E-state index contributed by atoms with van der Waals surface area (Å²) in [5.74, 6) is -0.357. The molecule has 4 aromatic rings. The largest absolute Gasteiger partial charge is 0.335 e. The molecule has 0 bridgehead atoms. The zero-order valence-electron chi connectivity index (χ0n) is 25.8. The fraction of sp³-hybridized carbons (Fsp3) is 0.312. The van der Waals surface area contributed by atoms with Crippen LogP contribution in [0.2, 0.25) is 0 Å². The van der Waals surface area contributed by atoms with Gasteiger partial charge in [0.25, 0.3) is 11.8 Å². The Balaban J connectivity index is 0.000000147. The number of nitrogens with one attached hydrogen (secondary N) is 2. The summed E-state index contributed by atoms with van der Waals surface area (Å²) in [7, 11) is 0. The van der Waals surface area contributed by atoms with E-state index in [0.717, 1.165) is 20.8 Å². The first-order valence-corrected chi connectivity index (χ1v) is 15.9. The highest BCUT2D eigenvalue weighted by molar-refractivity contribution is 7.20. The Morgan fingerprint density at radius 1 is 0.795 bits per heavy atom. The third-order valence-corrected chi connectivity index (χ3v) is 10.8. The van der Waals surface area contributed by atoms with E-state index in [1.165, 1.54) is 22.7 Å². The van der Waals surface area contributed by atoms with Crippen LogP contribution in [-0.2, 0) is 9.59 Å². The van der Waals surface area contributed by atoms with Gasteiger partial charge >= 0.3 is 0 Å². The summed E-state index contributed by atoms with van der Waals surface area (Å²) in [6.45, 7) is 9.56. The van der Waals surface area contributed by atoms with E-state index in [9.17, 15) is 19.2 Å². The predicted octanol–water partition coefficient (Wildman–Crippen LogP) is 4.32. The molecule has 0 radical (unpaired) electrons. The minimum absolute atomic E-state index is 0.0269. The standard InChI is InChI=1S/2C16H15N3O2S/c2*1-10-8-16(15(21)17-10)6-7-19(9-16)14(20)13-18-11-4-2-3-5-12(11)22-13/h2*2-5H,1,6-9H2,(H,17,21)/i4T;2T. The molecule has 0 saturated carbocycles. The summed E-state index contributed by atoms with van der Waals surface area (Å²) in [4.78, 5) is 61.8. The van der Waals surface area contributed by atoms with Crippen molar-refractivity contribution in [2.24, 2.45) is 10.8 Å². The summed E-state index contributed by atoms with van der Waals surface area (Å²) < 4.78 is 17.2. The van der Waals surface area contributed by atoms with E-state index in [-0.39, 0.29) is 23.6 Å². The van der Waals surface area contributed by atoms with Crippen molar-refractivity contribution in [3.05, 3.63) is 83.1 Å². The van der Waals surface area contributed by atoms with Crippen LogP contribution in [0.3, 0.4) is 0 Å². The van der Waals surface area contributed by atoms with E-state index in [1.54, 1.807) is 34.1 Å². The zero-order chi connectivity index (χ0) is 32.4. The van der Waals surface area contributed by atoms with Gasteiger partial charge in [0.15, 0.2) is 10.0 Å². The highest BCUT2D eigenvalue weighted by Crippen LogP contribution is 2.42. The lowest BCUT2D eigenvalue weighted by atomic mass is 9.85. The molecular formula is C32H30N6O4S2. The van der Waals surface area contributed by atoms with E-state index in [4.69, 9.17) is 2.74 Å². The van der Waals surface area contributed by atoms with Gasteiger partial charge in [-0.2, -0.15) is 0 Å². The number of amides is 4. The smallest absolute Gasteiger partial charge is 0.282 e. The molecule has 2 unspecified atom stereocenters. The number of aromatic nitrogens is 2. The second-order valence-electron chi connectivity index (χ2n) is 11.8. The lowest BCUT2D eigenvalue weighted by Gasteiger charge is -2.20. The topological polar surface area (TPSA) is 125 Å². The molecule has 4 saturated heterocycles. The van der Waals surface area contributed by atoms with Crippen molar-refractivity contribution in [2.75, 3.05) is 26.2 Å². The van der Waals surface area contributed by atoms with Gasteiger partial charge in [-0.3, -0.25) is 19.2 Å². The van der Waals surface area contributed by atoms with Crippen molar-refractivity contribution in [1.82, 2.24) is 30.4 Å². The van der Waals surface area contributed by atoms with Crippen LogP contribution < -0.4 is 10.6 Å². The molecule has 224 valence electrons. The summed E-state index contributed by atoms with van der Waals surface area (Å²) in [5, 5.41) is 6.34. The van der Waals surface area contributed by atoms with Crippen LogP contribution in [0.15, 0.2) is 73.0 Å². The van der Waals surface area contributed by atoms with Crippen LogP contribution in [0, 0.1) is 10.8 Å². The number of thiazole rings is 2. The first kappa shape index (κ1) is 26.0. The fourth-order valence-electron chi connectivity index (χ4n) is 6.48. The number of rotatable bonds is 2. The van der Waals surface area contributed by atoms with Gasteiger partial charge in [0, 0.05) is 50.4 Å². The average Bonchev–Trinajstić information content (AvgIpc) is 3.85. The molecule has 10 nitrogen and oxygen atoms in total. The van der Waals surface area contributed by atoms with Crippen LogP contribution in [0.4, 0.5) is 0 Å². The second-order valence-corrected chi connectivity index (χ2v) is 13.9. The van der Waals surface area contributed by atoms with Crippen molar-refractivity contribution >= 4 is 66.7 Å². The number of allylic oxidation sites excluding steroid dienone is 2. The van der Waals surface area contributed by atoms with Crippen LogP contribution in [0.1, 0.15) is 48.0 Å². The van der Waals surface area contributed by atoms with E-state index in [0.29, 0.717) is 85.0 Å². The number of likely N-dealkylation sites (tertiary alicyclic amines) is 2. The molecule has 2 spiro atoms. The third kappa shape index (κ3) is 4.87. The lowest BCUT2D eigenvalue weighted by Crippen LogP contribution is -2.36. The highest BCUT2D eigenvalue weighted by Gasteiger charge is 2.51. The number of para-hydroxylation sites is 2. The number of carbonyl (C=O) groups excluding carboxylic acids is 4.